The number of benzene rings is 1. The van der Waals surface area contributed by atoms with Crippen molar-refractivity contribution in [3.05, 3.63) is 44.4 Å². The fourth-order valence-corrected chi connectivity index (χ4v) is 3.53. The molecule has 0 fully saturated rings. The zero-order chi connectivity index (χ0) is 20.4. The number of hydrogen-bond donors (Lipinski definition) is 1. The van der Waals surface area contributed by atoms with Crippen LogP contribution >= 0.6 is 11.5 Å². The van der Waals surface area contributed by atoms with Gasteiger partial charge in [-0.15, -0.1) is 0 Å². The third kappa shape index (κ3) is 3.50. The van der Waals surface area contributed by atoms with Crippen LogP contribution in [0.2, 0.25) is 0 Å². The molecular formula is C18H20N4O5S. The molecule has 0 saturated carbocycles. The first kappa shape index (κ1) is 19.6. The summed E-state index contributed by atoms with van der Waals surface area (Å²) in [6.07, 6.45) is 0. The molecular weight excluding hydrogens is 384 g/mol. The monoisotopic (exact) mass is 404 g/mol. The number of rotatable bonds is 6. The lowest BCUT2D eigenvalue weighted by molar-refractivity contribution is -0.116. The molecule has 3 rings (SSSR count). The second kappa shape index (κ2) is 7.85. The van der Waals surface area contributed by atoms with Gasteiger partial charge in [-0.05, 0) is 37.5 Å². The zero-order valence-corrected chi connectivity index (χ0v) is 16.7. The minimum atomic E-state index is -0.555. The van der Waals surface area contributed by atoms with E-state index in [2.05, 4.69) is 9.69 Å². The molecule has 2 aromatic heterocycles. The Hall–Kier alpha value is -3.14. The number of aromatic nitrogens is 3. The van der Waals surface area contributed by atoms with Crippen LogP contribution in [-0.4, -0.2) is 33.6 Å². The van der Waals surface area contributed by atoms with E-state index in [0.717, 1.165) is 16.1 Å². The number of nitrogens with one attached hydrogen (secondary N) is 1. The van der Waals surface area contributed by atoms with Crippen molar-refractivity contribution in [2.24, 2.45) is 0 Å². The van der Waals surface area contributed by atoms with Gasteiger partial charge in [-0.25, -0.2) is 4.79 Å². The van der Waals surface area contributed by atoms with Gasteiger partial charge < -0.3 is 14.8 Å². The third-order valence-corrected chi connectivity index (χ3v) is 4.82. The highest BCUT2D eigenvalue weighted by atomic mass is 32.1. The topological polar surface area (TPSA) is 104 Å². The summed E-state index contributed by atoms with van der Waals surface area (Å²) in [5.41, 5.74) is -0.0886. The number of nitrogens with zero attached hydrogens (tertiary/aromatic N) is 3. The molecule has 148 valence electrons. The number of methoxy groups -OCH3 is 2. The summed E-state index contributed by atoms with van der Waals surface area (Å²) >= 11 is 1.06. The standard InChI is InChI=1S/C18H20N4O5S/c1-10(2)22-17(24)16-13(9-28-20-16)21(18(22)25)8-15(23)19-12-7-11(26-3)5-6-14(12)27-4/h5-7,9-10H,8H2,1-4H3,(H,19,23). The van der Waals surface area contributed by atoms with Crippen LogP contribution in [0.25, 0.3) is 11.0 Å². The maximum absolute atomic E-state index is 12.8. The molecule has 0 bridgehead atoms. The van der Waals surface area contributed by atoms with Gasteiger partial charge in [-0.2, -0.15) is 4.37 Å². The zero-order valence-electron chi connectivity index (χ0n) is 15.9. The minimum Gasteiger partial charge on any atom is -0.497 e. The SMILES string of the molecule is COc1ccc(OC)c(NC(=O)Cn2c(=O)n(C(C)C)c(=O)c3nscc32)c1. The number of fused-ring (bicyclic) bond motifs is 1. The van der Waals surface area contributed by atoms with Gasteiger partial charge in [0.2, 0.25) is 5.91 Å². The summed E-state index contributed by atoms with van der Waals surface area (Å²) in [7, 11) is 3.00. The molecule has 2 heterocycles. The summed E-state index contributed by atoms with van der Waals surface area (Å²) in [5, 5.41) is 4.31. The minimum absolute atomic E-state index is 0.171. The molecule has 0 radical (unpaired) electrons. The first-order valence-corrected chi connectivity index (χ1v) is 9.32. The summed E-state index contributed by atoms with van der Waals surface area (Å²) in [6, 6.07) is 4.63. The lowest BCUT2D eigenvalue weighted by Crippen LogP contribution is -2.42. The van der Waals surface area contributed by atoms with Crippen molar-refractivity contribution >= 4 is 34.2 Å². The van der Waals surface area contributed by atoms with Crippen LogP contribution in [0.15, 0.2) is 33.2 Å². The molecule has 0 aliphatic rings. The number of amides is 1. The van der Waals surface area contributed by atoms with Gasteiger partial charge >= 0.3 is 5.69 Å². The molecule has 28 heavy (non-hydrogen) atoms. The highest BCUT2D eigenvalue weighted by Crippen LogP contribution is 2.28. The van der Waals surface area contributed by atoms with E-state index in [1.165, 1.54) is 18.8 Å². The molecule has 1 aromatic carbocycles. The Balaban J connectivity index is 2.00. The van der Waals surface area contributed by atoms with Gasteiger partial charge in [0.15, 0.2) is 5.52 Å². The molecule has 0 saturated heterocycles. The van der Waals surface area contributed by atoms with E-state index in [0.29, 0.717) is 22.7 Å². The molecule has 0 atom stereocenters. The van der Waals surface area contributed by atoms with Crippen molar-refractivity contribution in [3.8, 4) is 11.5 Å². The summed E-state index contributed by atoms with van der Waals surface area (Å²) in [5.74, 6) is 0.553. The van der Waals surface area contributed by atoms with Crippen LogP contribution in [0.1, 0.15) is 19.9 Å². The highest BCUT2D eigenvalue weighted by molar-refractivity contribution is 7.04. The van der Waals surface area contributed by atoms with Gasteiger partial charge in [-0.3, -0.25) is 18.7 Å². The van der Waals surface area contributed by atoms with Crippen molar-refractivity contribution in [1.82, 2.24) is 13.5 Å². The molecule has 9 nitrogen and oxygen atoms in total. The second-order valence-corrected chi connectivity index (χ2v) is 6.93. The van der Waals surface area contributed by atoms with Gasteiger partial charge in [0.05, 0.1) is 25.4 Å². The van der Waals surface area contributed by atoms with E-state index in [-0.39, 0.29) is 18.1 Å². The number of anilines is 1. The van der Waals surface area contributed by atoms with Crippen molar-refractivity contribution in [3.63, 3.8) is 0 Å². The lowest BCUT2D eigenvalue weighted by atomic mass is 10.2. The largest absolute Gasteiger partial charge is 0.497 e. The van der Waals surface area contributed by atoms with E-state index in [1.54, 1.807) is 37.4 Å². The van der Waals surface area contributed by atoms with E-state index in [1.807, 2.05) is 0 Å². The van der Waals surface area contributed by atoms with E-state index in [9.17, 15) is 14.4 Å². The van der Waals surface area contributed by atoms with Crippen molar-refractivity contribution in [1.29, 1.82) is 0 Å². The molecule has 3 aromatic rings. The van der Waals surface area contributed by atoms with Crippen LogP contribution in [0.4, 0.5) is 5.69 Å². The van der Waals surface area contributed by atoms with Crippen LogP contribution < -0.4 is 26.0 Å². The van der Waals surface area contributed by atoms with Crippen molar-refractivity contribution < 1.29 is 14.3 Å². The van der Waals surface area contributed by atoms with Crippen LogP contribution in [0.5, 0.6) is 11.5 Å². The first-order valence-electron chi connectivity index (χ1n) is 8.48. The molecule has 1 amide bonds. The van der Waals surface area contributed by atoms with E-state index < -0.39 is 17.2 Å². The van der Waals surface area contributed by atoms with E-state index in [4.69, 9.17) is 9.47 Å². The fraction of sp³-hybridized carbons (Fsp3) is 0.333. The predicted octanol–water partition coefficient (Wildman–Crippen LogP) is 1.86. The summed E-state index contributed by atoms with van der Waals surface area (Å²) in [4.78, 5) is 38.0. The maximum atomic E-state index is 12.8. The van der Waals surface area contributed by atoms with Gasteiger partial charge in [0, 0.05) is 17.5 Å². The third-order valence-electron chi connectivity index (χ3n) is 4.20. The van der Waals surface area contributed by atoms with Crippen LogP contribution in [0, 0.1) is 0 Å². The number of carbonyl (C=O) groups excluding carboxylic acids is 1. The second-order valence-electron chi connectivity index (χ2n) is 6.30. The van der Waals surface area contributed by atoms with Crippen LogP contribution in [0.3, 0.4) is 0 Å². The summed E-state index contributed by atoms with van der Waals surface area (Å²) < 4.78 is 16.9. The number of hydrogen-bond acceptors (Lipinski definition) is 7. The van der Waals surface area contributed by atoms with Gasteiger partial charge in [0.25, 0.3) is 5.56 Å². The Morgan fingerprint density at radius 1 is 1.25 bits per heavy atom. The van der Waals surface area contributed by atoms with Crippen LogP contribution in [-0.2, 0) is 11.3 Å². The Labute approximate surface area is 164 Å². The molecule has 0 aliphatic heterocycles. The number of ether oxygens (including phenoxy) is 2. The van der Waals surface area contributed by atoms with Crippen molar-refractivity contribution in [2.75, 3.05) is 19.5 Å². The Morgan fingerprint density at radius 2 is 2.00 bits per heavy atom. The molecule has 0 spiro atoms. The predicted molar refractivity (Wildman–Crippen MR) is 107 cm³/mol. The number of carbonyl (C=O) groups is 1. The van der Waals surface area contributed by atoms with E-state index >= 15 is 0 Å². The Morgan fingerprint density at radius 3 is 2.64 bits per heavy atom. The molecule has 1 N–H and O–H groups in total. The smallest absolute Gasteiger partial charge is 0.332 e. The maximum Gasteiger partial charge on any atom is 0.332 e. The lowest BCUT2D eigenvalue weighted by Gasteiger charge is -2.15. The average molecular weight is 404 g/mol. The molecule has 0 aliphatic carbocycles. The highest BCUT2D eigenvalue weighted by Gasteiger charge is 2.19. The normalized spacial score (nSPS) is 11.0. The van der Waals surface area contributed by atoms with Crippen molar-refractivity contribution in [2.45, 2.75) is 26.4 Å². The quantitative estimate of drug-likeness (QED) is 0.672. The Bertz CT molecular complexity index is 1150. The molecule has 0 unspecified atom stereocenters. The fourth-order valence-electron chi connectivity index (χ4n) is 2.86. The Kier molecular flexibility index (Phi) is 5.50. The van der Waals surface area contributed by atoms with Gasteiger partial charge in [-0.1, -0.05) is 0 Å². The van der Waals surface area contributed by atoms with Gasteiger partial charge in [0.1, 0.15) is 18.0 Å². The average Bonchev–Trinajstić information content (AvgIpc) is 3.15. The molecule has 10 heteroatoms. The first-order chi connectivity index (χ1) is 13.4. The summed E-state index contributed by atoms with van der Waals surface area (Å²) in [6.45, 7) is 3.18.